The van der Waals surface area contributed by atoms with Crippen LogP contribution in [0.15, 0.2) is 66.7 Å². The van der Waals surface area contributed by atoms with Crippen LogP contribution < -0.4 is 15.0 Å². The van der Waals surface area contributed by atoms with Crippen molar-refractivity contribution in [3.05, 3.63) is 83.4 Å². The summed E-state index contributed by atoms with van der Waals surface area (Å²) in [6.45, 7) is 8.28. The van der Waals surface area contributed by atoms with Gasteiger partial charge in [0.2, 0.25) is 5.91 Å². The highest BCUT2D eigenvalue weighted by molar-refractivity contribution is 6.00. The molecule has 1 N–H and O–H groups in total. The van der Waals surface area contributed by atoms with E-state index in [1.165, 1.54) is 4.90 Å². The van der Waals surface area contributed by atoms with Gasteiger partial charge in [0.25, 0.3) is 5.91 Å². The van der Waals surface area contributed by atoms with Gasteiger partial charge in [-0.15, -0.1) is 0 Å². The fourth-order valence-electron chi connectivity index (χ4n) is 4.68. The lowest BCUT2D eigenvalue weighted by atomic mass is 10.0. The summed E-state index contributed by atoms with van der Waals surface area (Å²) in [4.78, 5) is 51.3. The van der Waals surface area contributed by atoms with Crippen LogP contribution in [0.3, 0.4) is 0 Å². The fourth-order valence-corrected chi connectivity index (χ4v) is 4.68. The zero-order valence-electron chi connectivity index (χ0n) is 25.1. The van der Waals surface area contributed by atoms with Crippen LogP contribution in [0.1, 0.15) is 67.4 Å². The van der Waals surface area contributed by atoms with Crippen molar-refractivity contribution in [2.75, 3.05) is 30.0 Å². The molecule has 226 valence electrons. The molecule has 1 heterocycles. The second kappa shape index (κ2) is 14.5. The van der Waals surface area contributed by atoms with E-state index in [1.807, 2.05) is 19.9 Å². The molecular formula is C34H38N2O7. The number of hydrogen-bond donors (Lipinski definition) is 1. The van der Waals surface area contributed by atoms with E-state index in [9.17, 15) is 19.2 Å². The molecule has 1 aliphatic heterocycles. The minimum atomic E-state index is -0.685. The summed E-state index contributed by atoms with van der Waals surface area (Å²) in [6, 6.07) is 19.6. The van der Waals surface area contributed by atoms with Crippen molar-refractivity contribution >= 4 is 35.1 Å². The zero-order chi connectivity index (χ0) is 30.9. The second-order valence-electron chi connectivity index (χ2n) is 10.9. The number of anilines is 2. The smallest absolute Gasteiger partial charge is 0.338 e. The maximum Gasteiger partial charge on any atom is 0.338 e. The molecule has 3 aromatic carbocycles. The molecule has 0 saturated carbocycles. The van der Waals surface area contributed by atoms with E-state index in [-0.39, 0.29) is 18.9 Å². The number of rotatable bonds is 12. The average Bonchev–Trinajstić information content (AvgIpc) is 3.38. The summed E-state index contributed by atoms with van der Waals surface area (Å²) in [5.41, 5.74) is 3.69. The van der Waals surface area contributed by atoms with E-state index in [4.69, 9.17) is 14.2 Å². The molecule has 1 aliphatic rings. The number of nitrogens with zero attached hydrogens (tertiary/aromatic N) is 1. The third kappa shape index (κ3) is 8.44. The summed E-state index contributed by atoms with van der Waals surface area (Å²) in [6.07, 6.45) is 1.72. The molecule has 4 rings (SSSR count). The van der Waals surface area contributed by atoms with Gasteiger partial charge in [-0.2, -0.15) is 0 Å². The number of carbonyl (C=O) groups excluding carboxylic acids is 4. The first-order valence-corrected chi connectivity index (χ1v) is 14.6. The summed E-state index contributed by atoms with van der Waals surface area (Å²) in [7, 11) is 0. The van der Waals surface area contributed by atoms with Crippen LogP contribution in [-0.4, -0.2) is 43.5 Å². The minimum Gasteiger partial charge on any atom is -0.462 e. The van der Waals surface area contributed by atoms with Crippen molar-refractivity contribution in [3.8, 4) is 11.5 Å². The summed E-state index contributed by atoms with van der Waals surface area (Å²) in [5.74, 6) is -0.706. The van der Waals surface area contributed by atoms with Crippen molar-refractivity contribution in [2.24, 2.45) is 5.92 Å². The van der Waals surface area contributed by atoms with Crippen LogP contribution in [-0.2, 0) is 23.9 Å². The summed E-state index contributed by atoms with van der Waals surface area (Å²) >= 11 is 0. The number of carbonyl (C=O) groups is 4. The lowest BCUT2D eigenvalue weighted by molar-refractivity contribution is -0.151. The molecule has 1 fully saturated rings. The van der Waals surface area contributed by atoms with E-state index in [0.29, 0.717) is 35.2 Å². The first kappa shape index (κ1) is 31.3. The molecule has 1 saturated heterocycles. The lowest BCUT2D eigenvalue weighted by Gasteiger charge is -2.18. The Morgan fingerprint density at radius 1 is 0.977 bits per heavy atom. The highest BCUT2D eigenvalue weighted by Crippen LogP contribution is 2.33. The number of nitrogens with one attached hydrogen (secondary N) is 1. The number of benzene rings is 3. The molecule has 0 aromatic heterocycles. The number of aryl methyl sites for hydroxylation is 1. The second-order valence-corrected chi connectivity index (χ2v) is 10.9. The number of esters is 2. The molecule has 0 spiro atoms. The fraction of sp³-hybridized carbons (Fsp3) is 0.353. The van der Waals surface area contributed by atoms with E-state index >= 15 is 0 Å². The van der Waals surface area contributed by atoms with Crippen molar-refractivity contribution in [3.63, 3.8) is 0 Å². The van der Waals surface area contributed by atoms with Crippen molar-refractivity contribution in [1.82, 2.24) is 0 Å². The lowest BCUT2D eigenvalue weighted by Crippen LogP contribution is -2.28. The number of amides is 2. The molecule has 0 radical (unpaired) electrons. The predicted octanol–water partition coefficient (Wildman–Crippen LogP) is 6.40. The first-order chi connectivity index (χ1) is 20.6. The standard InChI is InChI=1S/C34H38N2O7/c1-5-6-17-41-33(39)24-8-10-26(11-9-24)35-31(37)21-42-34(40)25-19-32(38)36(20-25)27-12-14-28(15-13-27)43-30-18-23(4)7-16-29(30)22(2)3/h7-16,18,22,25H,5-6,17,19-21H2,1-4H3,(H,35,37)/t25-/m1/s1. The third-order valence-electron chi connectivity index (χ3n) is 7.11. The van der Waals surface area contributed by atoms with Gasteiger partial charge in [0.1, 0.15) is 11.5 Å². The topological polar surface area (TPSA) is 111 Å². The molecule has 0 unspecified atom stereocenters. The third-order valence-corrected chi connectivity index (χ3v) is 7.11. The number of ether oxygens (including phenoxy) is 3. The molecule has 9 heteroatoms. The molecule has 2 amide bonds. The number of unbranched alkanes of at least 4 members (excludes halogenated alkanes) is 1. The van der Waals surface area contributed by atoms with Gasteiger partial charge in [-0.05, 0) is 85.0 Å². The Balaban J connectivity index is 1.26. The summed E-state index contributed by atoms with van der Waals surface area (Å²) in [5, 5.41) is 2.63. The van der Waals surface area contributed by atoms with E-state index < -0.39 is 30.4 Å². The predicted molar refractivity (Wildman–Crippen MR) is 163 cm³/mol. The van der Waals surface area contributed by atoms with Gasteiger partial charge in [-0.3, -0.25) is 14.4 Å². The Labute approximate surface area is 252 Å². The molecule has 9 nitrogen and oxygen atoms in total. The van der Waals surface area contributed by atoms with Gasteiger partial charge < -0.3 is 24.4 Å². The maximum absolute atomic E-state index is 12.7. The van der Waals surface area contributed by atoms with Crippen LogP contribution in [0.2, 0.25) is 0 Å². The normalized spacial score (nSPS) is 14.5. The molecule has 0 aliphatic carbocycles. The highest BCUT2D eigenvalue weighted by atomic mass is 16.5. The van der Waals surface area contributed by atoms with Crippen LogP contribution >= 0.6 is 0 Å². The largest absolute Gasteiger partial charge is 0.462 e. The van der Waals surface area contributed by atoms with Crippen LogP contribution in [0.25, 0.3) is 0 Å². The molecule has 0 bridgehead atoms. The van der Waals surface area contributed by atoms with Crippen molar-refractivity contribution in [1.29, 1.82) is 0 Å². The quantitative estimate of drug-likeness (QED) is 0.193. The van der Waals surface area contributed by atoms with Gasteiger partial charge in [0.15, 0.2) is 6.61 Å². The zero-order valence-corrected chi connectivity index (χ0v) is 25.1. The molecular weight excluding hydrogens is 548 g/mol. The average molecular weight is 587 g/mol. The van der Waals surface area contributed by atoms with Gasteiger partial charge in [-0.1, -0.05) is 39.3 Å². The van der Waals surface area contributed by atoms with Gasteiger partial charge in [0, 0.05) is 24.3 Å². The first-order valence-electron chi connectivity index (χ1n) is 14.6. The molecule has 43 heavy (non-hydrogen) atoms. The maximum atomic E-state index is 12.7. The van der Waals surface area contributed by atoms with E-state index in [2.05, 4.69) is 31.3 Å². The van der Waals surface area contributed by atoms with Crippen LogP contribution in [0.4, 0.5) is 11.4 Å². The molecule has 1 atom stereocenters. The Kier molecular flexibility index (Phi) is 10.5. The van der Waals surface area contributed by atoms with Gasteiger partial charge in [-0.25, -0.2) is 4.79 Å². The summed E-state index contributed by atoms with van der Waals surface area (Å²) < 4.78 is 16.5. The highest BCUT2D eigenvalue weighted by Gasteiger charge is 2.36. The van der Waals surface area contributed by atoms with Crippen molar-refractivity contribution in [2.45, 2.75) is 52.9 Å². The van der Waals surface area contributed by atoms with Gasteiger partial charge >= 0.3 is 11.9 Å². The number of hydrogen-bond acceptors (Lipinski definition) is 7. The molecule has 3 aromatic rings. The SMILES string of the molecule is CCCCOC(=O)c1ccc(NC(=O)COC(=O)[C@@H]2CC(=O)N(c3ccc(Oc4cc(C)ccc4C(C)C)cc3)C2)cc1. The van der Waals surface area contributed by atoms with Crippen LogP contribution in [0, 0.1) is 12.8 Å². The monoisotopic (exact) mass is 586 g/mol. The minimum absolute atomic E-state index is 0.00440. The van der Waals surface area contributed by atoms with Crippen molar-refractivity contribution < 1.29 is 33.4 Å². The Bertz CT molecular complexity index is 1450. The van der Waals surface area contributed by atoms with E-state index in [1.54, 1.807) is 48.5 Å². The van der Waals surface area contributed by atoms with Crippen LogP contribution in [0.5, 0.6) is 11.5 Å². The Morgan fingerprint density at radius 2 is 1.70 bits per heavy atom. The van der Waals surface area contributed by atoms with E-state index in [0.717, 1.165) is 29.7 Å². The Hall–Kier alpha value is -4.66. The van der Waals surface area contributed by atoms with Gasteiger partial charge in [0.05, 0.1) is 18.1 Å². The Morgan fingerprint density at radius 3 is 2.37 bits per heavy atom.